The zero-order valence-electron chi connectivity index (χ0n) is 14.2. The number of aromatic hydroxyl groups is 1. The van der Waals surface area contributed by atoms with E-state index in [-0.39, 0.29) is 39.3 Å². The van der Waals surface area contributed by atoms with E-state index >= 15 is 0 Å². The molecular formula is C16H19NO7S. The number of hydrogen-bond acceptors (Lipinski definition) is 7. The van der Waals surface area contributed by atoms with Crippen LogP contribution in [0.3, 0.4) is 0 Å². The van der Waals surface area contributed by atoms with Gasteiger partial charge in [0, 0.05) is 18.2 Å². The minimum absolute atomic E-state index is 0.0858. The van der Waals surface area contributed by atoms with Gasteiger partial charge in [-0.2, -0.15) is 0 Å². The second kappa shape index (κ2) is 7.39. The number of rotatable bonds is 7. The lowest BCUT2D eigenvalue weighted by atomic mass is 10.3. The fourth-order valence-corrected chi connectivity index (χ4v) is 3.26. The van der Waals surface area contributed by atoms with Crippen LogP contribution in [-0.2, 0) is 10.0 Å². The number of nitrogens with one attached hydrogen (secondary N) is 1. The van der Waals surface area contributed by atoms with Crippen LogP contribution in [0.1, 0.15) is 0 Å². The highest BCUT2D eigenvalue weighted by atomic mass is 32.2. The number of methoxy groups -OCH3 is 4. The van der Waals surface area contributed by atoms with Gasteiger partial charge in [-0.05, 0) is 12.1 Å². The molecule has 0 fully saturated rings. The van der Waals surface area contributed by atoms with E-state index in [0.29, 0.717) is 0 Å². The zero-order chi connectivity index (χ0) is 18.6. The Morgan fingerprint density at radius 2 is 1.40 bits per heavy atom. The average molecular weight is 369 g/mol. The molecule has 2 N–H and O–H groups in total. The van der Waals surface area contributed by atoms with E-state index in [1.165, 1.54) is 58.8 Å². The molecule has 25 heavy (non-hydrogen) atoms. The van der Waals surface area contributed by atoms with Crippen molar-refractivity contribution in [1.29, 1.82) is 0 Å². The van der Waals surface area contributed by atoms with Crippen molar-refractivity contribution in [3.05, 3.63) is 30.3 Å². The summed E-state index contributed by atoms with van der Waals surface area (Å²) >= 11 is 0. The van der Waals surface area contributed by atoms with Gasteiger partial charge in [-0.3, -0.25) is 4.72 Å². The Balaban J connectivity index is 2.44. The van der Waals surface area contributed by atoms with Gasteiger partial charge in [-0.1, -0.05) is 0 Å². The number of benzene rings is 2. The first-order chi connectivity index (χ1) is 11.9. The van der Waals surface area contributed by atoms with Crippen LogP contribution in [0.15, 0.2) is 35.2 Å². The molecule has 0 aliphatic heterocycles. The molecule has 0 atom stereocenters. The topological polar surface area (TPSA) is 103 Å². The molecule has 0 saturated carbocycles. The van der Waals surface area contributed by atoms with Crippen LogP contribution in [0.25, 0.3) is 0 Å². The van der Waals surface area contributed by atoms with Gasteiger partial charge in [0.05, 0.1) is 39.0 Å². The fraction of sp³-hybridized carbons (Fsp3) is 0.250. The summed E-state index contributed by atoms with van der Waals surface area (Å²) in [5.74, 6) is 0.744. The molecule has 0 bridgehead atoms. The van der Waals surface area contributed by atoms with Crippen LogP contribution in [0, 0.1) is 0 Å². The summed E-state index contributed by atoms with van der Waals surface area (Å²) in [4.78, 5) is -0.0858. The molecule has 136 valence electrons. The Morgan fingerprint density at radius 1 is 0.840 bits per heavy atom. The van der Waals surface area contributed by atoms with Crippen molar-refractivity contribution in [2.24, 2.45) is 0 Å². The molecule has 0 aliphatic rings. The Labute approximate surface area is 146 Å². The number of ether oxygens (including phenoxy) is 4. The van der Waals surface area contributed by atoms with Gasteiger partial charge in [-0.15, -0.1) is 0 Å². The molecule has 9 heteroatoms. The minimum atomic E-state index is -3.96. The van der Waals surface area contributed by atoms with Crippen molar-refractivity contribution in [2.45, 2.75) is 4.90 Å². The third-order valence-electron chi connectivity index (χ3n) is 3.38. The molecule has 0 heterocycles. The van der Waals surface area contributed by atoms with E-state index in [4.69, 9.17) is 18.9 Å². The van der Waals surface area contributed by atoms with Crippen molar-refractivity contribution in [3.8, 4) is 28.7 Å². The van der Waals surface area contributed by atoms with Crippen LogP contribution in [-0.4, -0.2) is 42.0 Å². The standard InChI is InChI=1S/C16H19NO7S/c1-21-13-6-5-10(7-12(13)18)17-25(19,20)11-8-14(22-2)16(24-4)15(9-11)23-3/h5-9,17-18H,1-4H3. The smallest absolute Gasteiger partial charge is 0.262 e. The lowest BCUT2D eigenvalue weighted by molar-refractivity contribution is 0.323. The first kappa shape index (κ1) is 18.5. The highest BCUT2D eigenvalue weighted by Gasteiger charge is 2.21. The van der Waals surface area contributed by atoms with E-state index in [9.17, 15) is 13.5 Å². The summed E-state index contributed by atoms with van der Waals surface area (Å²) in [6.45, 7) is 0. The number of phenolic OH excluding ortho intramolecular Hbond substituents is 1. The second-order valence-corrected chi connectivity index (χ2v) is 6.54. The SMILES string of the molecule is COc1ccc(NS(=O)(=O)c2cc(OC)c(OC)c(OC)c2)cc1O. The van der Waals surface area contributed by atoms with Crippen molar-refractivity contribution in [2.75, 3.05) is 33.2 Å². The van der Waals surface area contributed by atoms with Gasteiger partial charge in [0.1, 0.15) is 0 Å². The molecule has 0 aliphatic carbocycles. The van der Waals surface area contributed by atoms with Gasteiger partial charge >= 0.3 is 0 Å². The molecule has 0 unspecified atom stereocenters. The van der Waals surface area contributed by atoms with Crippen LogP contribution >= 0.6 is 0 Å². The quantitative estimate of drug-likeness (QED) is 0.771. The predicted octanol–water partition coefficient (Wildman–Crippen LogP) is 2.23. The average Bonchev–Trinajstić information content (AvgIpc) is 2.60. The third-order valence-corrected chi connectivity index (χ3v) is 4.74. The third kappa shape index (κ3) is 3.82. The van der Waals surface area contributed by atoms with Crippen molar-refractivity contribution >= 4 is 15.7 Å². The largest absolute Gasteiger partial charge is 0.504 e. The van der Waals surface area contributed by atoms with Crippen LogP contribution in [0.4, 0.5) is 5.69 Å². The summed E-state index contributed by atoms with van der Waals surface area (Å²) in [6, 6.07) is 6.78. The van der Waals surface area contributed by atoms with Gasteiger partial charge in [0.2, 0.25) is 5.75 Å². The summed E-state index contributed by atoms with van der Waals surface area (Å²) in [5, 5.41) is 9.78. The van der Waals surface area contributed by atoms with Crippen LogP contribution < -0.4 is 23.7 Å². The molecule has 8 nitrogen and oxygen atoms in total. The number of sulfonamides is 1. The van der Waals surface area contributed by atoms with E-state index in [1.54, 1.807) is 0 Å². The second-order valence-electron chi connectivity index (χ2n) is 4.85. The Hall–Kier alpha value is -2.81. The summed E-state index contributed by atoms with van der Waals surface area (Å²) in [6.07, 6.45) is 0. The van der Waals surface area contributed by atoms with Crippen LogP contribution in [0.5, 0.6) is 28.7 Å². The number of anilines is 1. The maximum Gasteiger partial charge on any atom is 0.262 e. The lowest BCUT2D eigenvalue weighted by Gasteiger charge is -2.15. The van der Waals surface area contributed by atoms with E-state index in [1.807, 2.05) is 0 Å². The summed E-state index contributed by atoms with van der Waals surface area (Å²) in [5.41, 5.74) is 0.173. The maximum atomic E-state index is 12.6. The van der Waals surface area contributed by atoms with Crippen LogP contribution in [0.2, 0.25) is 0 Å². The summed E-state index contributed by atoms with van der Waals surface area (Å²) < 4.78 is 48.0. The number of hydrogen-bond donors (Lipinski definition) is 2. The van der Waals surface area contributed by atoms with Gasteiger partial charge < -0.3 is 24.1 Å². The van der Waals surface area contributed by atoms with E-state index in [0.717, 1.165) is 0 Å². The Bertz CT molecular complexity index is 840. The minimum Gasteiger partial charge on any atom is -0.504 e. The zero-order valence-corrected chi connectivity index (χ0v) is 15.0. The molecular weight excluding hydrogens is 350 g/mol. The summed E-state index contributed by atoms with van der Waals surface area (Å²) in [7, 11) is 1.65. The highest BCUT2D eigenvalue weighted by molar-refractivity contribution is 7.92. The number of phenols is 1. The van der Waals surface area contributed by atoms with Crippen molar-refractivity contribution < 1.29 is 32.5 Å². The molecule has 2 rings (SSSR count). The predicted molar refractivity (Wildman–Crippen MR) is 91.6 cm³/mol. The highest BCUT2D eigenvalue weighted by Crippen LogP contribution is 2.40. The van der Waals surface area contributed by atoms with Gasteiger partial charge in [0.25, 0.3) is 10.0 Å². The molecule has 2 aromatic carbocycles. The monoisotopic (exact) mass is 369 g/mol. The first-order valence-electron chi connectivity index (χ1n) is 7.06. The molecule has 0 spiro atoms. The van der Waals surface area contributed by atoms with Crippen molar-refractivity contribution in [1.82, 2.24) is 0 Å². The van der Waals surface area contributed by atoms with E-state index < -0.39 is 10.0 Å². The normalized spacial score (nSPS) is 10.9. The fourth-order valence-electron chi connectivity index (χ4n) is 2.18. The van der Waals surface area contributed by atoms with Gasteiger partial charge in [-0.25, -0.2) is 8.42 Å². The Kier molecular flexibility index (Phi) is 5.48. The molecule has 2 aromatic rings. The van der Waals surface area contributed by atoms with Crippen molar-refractivity contribution in [3.63, 3.8) is 0 Å². The van der Waals surface area contributed by atoms with E-state index in [2.05, 4.69) is 4.72 Å². The van der Waals surface area contributed by atoms with Gasteiger partial charge in [0.15, 0.2) is 23.0 Å². The maximum absolute atomic E-state index is 12.6. The molecule has 0 aromatic heterocycles. The first-order valence-corrected chi connectivity index (χ1v) is 8.54. The Morgan fingerprint density at radius 3 is 1.84 bits per heavy atom. The molecule has 0 amide bonds. The lowest BCUT2D eigenvalue weighted by Crippen LogP contribution is -2.13. The molecule has 0 radical (unpaired) electrons. The molecule has 0 saturated heterocycles.